The first kappa shape index (κ1) is 20.6. The lowest BCUT2D eigenvalue weighted by Gasteiger charge is -2.42. The predicted octanol–water partition coefficient (Wildman–Crippen LogP) is 3.74. The number of methoxy groups -OCH3 is 1. The first-order valence-electron chi connectivity index (χ1n) is 9.86. The molecule has 146 valence electrons. The Morgan fingerprint density at radius 1 is 1.23 bits per heavy atom. The van der Waals surface area contributed by atoms with Gasteiger partial charge in [0, 0.05) is 33.9 Å². The molecular weight excluding hydrogens is 326 g/mol. The Labute approximate surface area is 158 Å². The van der Waals surface area contributed by atoms with Crippen molar-refractivity contribution >= 4 is 5.96 Å². The van der Waals surface area contributed by atoms with Crippen LogP contribution in [-0.4, -0.2) is 39.9 Å². The van der Waals surface area contributed by atoms with Gasteiger partial charge in [-0.2, -0.15) is 0 Å². The second-order valence-electron chi connectivity index (χ2n) is 7.23. The summed E-state index contributed by atoms with van der Waals surface area (Å²) < 4.78 is 11.1. The van der Waals surface area contributed by atoms with Crippen LogP contribution in [0.2, 0.25) is 0 Å². The number of hydrogen-bond donors (Lipinski definition) is 2. The summed E-state index contributed by atoms with van der Waals surface area (Å²) in [6.45, 7) is 5.47. The molecule has 0 amide bonds. The molecule has 0 bridgehead atoms. The number of aliphatic imine (C=N–C) groups is 1. The Hall–Kier alpha value is -1.75. The van der Waals surface area contributed by atoms with E-state index in [4.69, 9.17) is 9.47 Å². The molecule has 0 saturated heterocycles. The van der Waals surface area contributed by atoms with Crippen molar-refractivity contribution in [1.29, 1.82) is 0 Å². The Balaban J connectivity index is 1.78. The summed E-state index contributed by atoms with van der Waals surface area (Å²) >= 11 is 0. The van der Waals surface area contributed by atoms with E-state index in [2.05, 4.69) is 34.7 Å². The lowest BCUT2D eigenvalue weighted by atomic mass is 9.67. The van der Waals surface area contributed by atoms with Crippen LogP contribution in [0.15, 0.2) is 29.3 Å². The van der Waals surface area contributed by atoms with E-state index in [-0.39, 0.29) is 0 Å². The molecule has 1 aliphatic carbocycles. The highest BCUT2D eigenvalue weighted by atomic mass is 16.5. The minimum Gasteiger partial charge on any atom is -0.494 e. The van der Waals surface area contributed by atoms with Crippen molar-refractivity contribution in [2.75, 3.05) is 33.9 Å². The van der Waals surface area contributed by atoms with Crippen molar-refractivity contribution in [3.63, 3.8) is 0 Å². The van der Waals surface area contributed by atoms with E-state index in [1.54, 1.807) is 7.11 Å². The van der Waals surface area contributed by atoms with Crippen molar-refractivity contribution in [3.05, 3.63) is 29.8 Å². The number of hydrogen-bond acceptors (Lipinski definition) is 3. The molecule has 0 radical (unpaired) electrons. The average molecular weight is 362 g/mol. The first-order valence-corrected chi connectivity index (χ1v) is 9.86. The van der Waals surface area contributed by atoms with E-state index < -0.39 is 0 Å². The quantitative estimate of drug-likeness (QED) is 0.358. The second-order valence-corrected chi connectivity index (χ2v) is 7.23. The molecule has 0 atom stereocenters. The fraction of sp³-hybridized carbons (Fsp3) is 0.667. The Morgan fingerprint density at radius 3 is 2.73 bits per heavy atom. The summed E-state index contributed by atoms with van der Waals surface area (Å²) in [6.07, 6.45) is 7.22. The van der Waals surface area contributed by atoms with Crippen LogP contribution in [0.3, 0.4) is 0 Å². The van der Waals surface area contributed by atoms with Crippen LogP contribution in [0.1, 0.15) is 51.0 Å². The molecule has 1 saturated carbocycles. The summed E-state index contributed by atoms with van der Waals surface area (Å²) in [5, 5.41) is 6.91. The summed E-state index contributed by atoms with van der Waals surface area (Å²) in [5.74, 6) is 1.79. The molecule has 1 aromatic carbocycles. The van der Waals surface area contributed by atoms with E-state index in [0.717, 1.165) is 57.3 Å². The molecule has 1 fully saturated rings. The highest BCUT2D eigenvalue weighted by Crippen LogP contribution is 2.43. The van der Waals surface area contributed by atoms with Gasteiger partial charge >= 0.3 is 0 Å². The molecule has 2 N–H and O–H groups in total. The third-order valence-corrected chi connectivity index (χ3v) is 5.23. The molecule has 5 nitrogen and oxygen atoms in total. The number of ether oxygens (including phenoxy) is 2. The largest absolute Gasteiger partial charge is 0.494 e. The molecular formula is C21H35N3O2. The van der Waals surface area contributed by atoms with Crippen LogP contribution in [0.4, 0.5) is 0 Å². The second kappa shape index (κ2) is 11.1. The maximum atomic E-state index is 5.79. The summed E-state index contributed by atoms with van der Waals surface area (Å²) in [6, 6.07) is 8.27. The number of nitrogens with zero attached hydrogens (tertiary/aromatic N) is 1. The normalized spacial score (nSPS) is 16.0. The molecule has 2 rings (SSSR count). The van der Waals surface area contributed by atoms with Crippen molar-refractivity contribution in [2.45, 2.75) is 52.0 Å². The van der Waals surface area contributed by atoms with Gasteiger partial charge in [-0.15, -0.1) is 0 Å². The SMILES string of the molecule is CCCCOc1cccc(CNC(=NC)NCC2(CCOC)CCC2)c1. The van der Waals surface area contributed by atoms with Gasteiger partial charge < -0.3 is 20.1 Å². The molecule has 0 aromatic heterocycles. The highest BCUT2D eigenvalue weighted by Gasteiger charge is 2.36. The lowest BCUT2D eigenvalue weighted by molar-refractivity contribution is 0.0732. The van der Waals surface area contributed by atoms with Crippen LogP contribution in [-0.2, 0) is 11.3 Å². The number of nitrogens with one attached hydrogen (secondary N) is 2. The molecule has 26 heavy (non-hydrogen) atoms. The van der Waals surface area contributed by atoms with Crippen molar-refractivity contribution in [2.24, 2.45) is 10.4 Å². The van der Waals surface area contributed by atoms with Gasteiger partial charge in [0.2, 0.25) is 0 Å². The first-order chi connectivity index (χ1) is 12.7. The average Bonchev–Trinajstić information content (AvgIpc) is 2.63. The fourth-order valence-electron chi connectivity index (χ4n) is 3.27. The van der Waals surface area contributed by atoms with Gasteiger partial charge in [-0.1, -0.05) is 31.9 Å². The highest BCUT2D eigenvalue weighted by molar-refractivity contribution is 5.79. The zero-order chi connectivity index (χ0) is 18.7. The Bertz CT molecular complexity index is 556. The monoisotopic (exact) mass is 361 g/mol. The van der Waals surface area contributed by atoms with Gasteiger partial charge in [-0.3, -0.25) is 4.99 Å². The predicted molar refractivity (Wildman–Crippen MR) is 108 cm³/mol. The van der Waals surface area contributed by atoms with Gasteiger partial charge in [-0.25, -0.2) is 0 Å². The van der Waals surface area contributed by atoms with Gasteiger partial charge in [0.15, 0.2) is 5.96 Å². The number of unbranched alkanes of at least 4 members (excludes halogenated alkanes) is 1. The Morgan fingerprint density at radius 2 is 2.08 bits per heavy atom. The third kappa shape index (κ3) is 6.52. The smallest absolute Gasteiger partial charge is 0.191 e. The maximum absolute atomic E-state index is 5.79. The summed E-state index contributed by atoms with van der Waals surface area (Å²) in [4.78, 5) is 4.36. The van der Waals surface area contributed by atoms with Gasteiger partial charge in [0.05, 0.1) is 6.61 Å². The maximum Gasteiger partial charge on any atom is 0.191 e. The van der Waals surface area contributed by atoms with E-state index in [1.807, 2.05) is 19.2 Å². The van der Waals surface area contributed by atoms with Crippen LogP contribution in [0, 0.1) is 5.41 Å². The molecule has 0 spiro atoms. The van der Waals surface area contributed by atoms with Gasteiger partial charge in [0.1, 0.15) is 5.75 Å². The molecule has 5 heteroatoms. The number of guanidine groups is 1. The van der Waals surface area contributed by atoms with Crippen LogP contribution in [0.5, 0.6) is 5.75 Å². The van der Waals surface area contributed by atoms with Gasteiger partial charge in [-0.05, 0) is 48.8 Å². The topological polar surface area (TPSA) is 54.9 Å². The molecule has 1 aromatic rings. The van der Waals surface area contributed by atoms with Gasteiger partial charge in [0.25, 0.3) is 0 Å². The third-order valence-electron chi connectivity index (χ3n) is 5.23. The molecule has 0 unspecified atom stereocenters. The van der Waals surface area contributed by atoms with Crippen LogP contribution in [0.25, 0.3) is 0 Å². The van der Waals surface area contributed by atoms with Crippen molar-refractivity contribution in [3.8, 4) is 5.75 Å². The minimum atomic E-state index is 0.376. The minimum absolute atomic E-state index is 0.376. The zero-order valence-corrected chi connectivity index (χ0v) is 16.6. The van der Waals surface area contributed by atoms with E-state index in [1.165, 1.54) is 24.8 Å². The summed E-state index contributed by atoms with van der Waals surface area (Å²) in [7, 11) is 3.60. The van der Waals surface area contributed by atoms with E-state index in [9.17, 15) is 0 Å². The number of rotatable bonds is 11. The number of benzene rings is 1. The van der Waals surface area contributed by atoms with Crippen molar-refractivity contribution in [1.82, 2.24) is 10.6 Å². The van der Waals surface area contributed by atoms with Crippen LogP contribution >= 0.6 is 0 Å². The lowest BCUT2D eigenvalue weighted by Crippen LogP contribution is -2.46. The zero-order valence-electron chi connectivity index (χ0n) is 16.6. The molecule has 1 aliphatic rings. The standard InChI is InChI=1S/C21H35N3O2/c1-4-5-13-26-19-9-6-8-18(15-19)16-23-20(22-2)24-17-21(10-7-11-21)12-14-25-3/h6,8-9,15H,4-5,7,10-14,16-17H2,1-3H3,(H2,22,23,24). The molecule has 0 heterocycles. The van der Waals surface area contributed by atoms with Crippen LogP contribution < -0.4 is 15.4 Å². The molecule has 0 aliphatic heterocycles. The Kier molecular flexibility index (Phi) is 8.75. The van der Waals surface area contributed by atoms with Crippen molar-refractivity contribution < 1.29 is 9.47 Å². The fourth-order valence-corrected chi connectivity index (χ4v) is 3.27. The van der Waals surface area contributed by atoms with E-state index >= 15 is 0 Å². The van der Waals surface area contributed by atoms with E-state index in [0.29, 0.717) is 5.41 Å². The summed E-state index contributed by atoms with van der Waals surface area (Å²) in [5.41, 5.74) is 1.57.